The van der Waals surface area contributed by atoms with Gasteiger partial charge >= 0.3 is 0 Å². The maximum atomic E-state index is 13.6. The first-order valence-corrected chi connectivity index (χ1v) is 6.52. The van der Waals surface area contributed by atoms with Gasteiger partial charge in [-0.3, -0.25) is 0 Å². The molecular weight excluding hydrogens is 241 g/mol. The topological polar surface area (TPSA) is 22.8 Å². The molecule has 98 valence electrons. The van der Waals surface area contributed by atoms with E-state index in [2.05, 4.69) is 21.0 Å². The standard InChI is InChI=1S/C15H16FN3/c1-2-7-19-11-17-9-12(19)10-18-8-6-13-14(16)4-3-5-15(13)18/h3-6,8-9,11H,2,7,10H2,1H3. The number of benzene rings is 1. The van der Waals surface area contributed by atoms with Gasteiger partial charge in [0.05, 0.1) is 24.1 Å². The SMILES string of the molecule is CCCn1cncc1Cn1ccc2c(F)cccc21. The molecule has 2 heterocycles. The monoisotopic (exact) mass is 257 g/mol. The first kappa shape index (κ1) is 12.0. The maximum absolute atomic E-state index is 13.6. The highest BCUT2D eigenvalue weighted by Gasteiger charge is 2.07. The quantitative estimate of drug-likeness (QED) is 0.702. The lowest BCUT2D eigenvalue weighted by molar-refractivity contribution is 0.628. The first-order chi connectivity index (χ1) is 9.29. The molecule has 0 unspecified atom stereocenters. The number of halogens is 1. The Morgan fingerprint density at radius 3 is 2.95 bits per heavy atom. The van der Waals surface area contributed by atoms with E-state index >= 15 is 0 Å². The van der Waals surface area contributed by atoms with Crippen molar-refractivity contribution in [1.82, 2.24) is 14.1 Å². The van der Waals surface area contributed by atoms with Gasteiger partial charge in [0.15, 0.2) is 0 Å². The Hall–Kier alpha value is -2.10. The number of nitrogens with zero attached hydrogens (tertiary/aromatic N) is 3. The second-order valence-electron chi connectivity index (χ2n) is 4.69. The fourth-order valence-electron chi connectivity index (χ4n) is 2.42. The Kier molecular flexibility index (Phi) is 3.07. The fourth-order valence-corrected chi connectivity index (χ4v) is 2.42. The number of rotatable bonds is 4. The lowest BCUT2D eigenvalue weighted by Gasteiger charge is -2.09. The summed E-state index contributed by atoms with van der Waals surface area (Å²) in [5.74, 6) is -0.168. The summed E-state index contributed by atoms with van der Waals surface area (Å²) in [5.41, 5.74) is 2.06. The fraction of sp³-hybridized carbons (Fsp3) is 0.267. The molecule has 0 spiro atoms. The van der Waals surface area contributed by atoms with E-state index in [9.17, 15) is 4.39 Å². The van der Waals surface area contributed by atoms with Crippen molar-refractivity contribution >= 4 is 10.9 Å². The van der Waals surface area contributed by atoms with E-state index in [1.807, 2.05) is 30.9 Å². The van der Waals surface area contributed by atoms with Gasteiger partial charge in [0, 0.05) is 24.3 Å². The average Bonchev–Trinajstić information content (AvgIpc) is 3.00. The Morgan fingerprint density at radius 1 is 1.21 bits per heavy atom. The normalized spacial score (nSPS) is 11.3. The summed E-state index contributed by atoms with van der Waals surface area (Å²) in [7, 11) is 0. The van der Waals surface area contributed by atoms with Gasteiger partial charge in [-0.05, 0) is 24.6 Å². The highest BCUT2D eigenvalue weighted by Crippen LogP contribution is 2.20. The van der Waals surface area contributed by atoms with Gasteiger partial charge in [0.2, 0.25) is 0 Å². The van der Waals surface area contributed by atoms with E-state index < -0.39 is 0 Å². The van der Waals surface area contributed by atoms with Crippen molar-refractivity contribution in [3.8, 4) is 0 Å². The zero-order chi connectivity index (χ0) is 13.2. The first-order valence-electron chi connectivity index (χ1n) is 6.52. The Morgan fingerprint density at radius 2 is 2.11 bits per heavy atom. The molecule has 0 amide bonds. The van der Waals surface area contributed by atoms with Gasteiger partial charge in [-0.2, -0.15) is 0 Å². The molecule has 3 nitrogen and oxygen atoms in total. The Bertz CT molecular complexity index is 696. The molecule has 0 bridgehead atoms. The molecule has 4 heteroatoms. The third-order valence-electron chi connectivity index (χ3n) is 3.36. The molecule has 0 radical (unpaired) electrons. The van der Waals surface area contributed by atoms with E-state index in [4.69, 9.17) is 0 Å². The third kappa shape index (κ3) is 2.14. The predicted octanol–water partition coefficient (Wildman–Crippen LogP) is 3.44. The number of aromatic nitrogens is 3. The van der Waals surface area contributed by atoms with Gasteiger partial charge in [-0.15, -0.1) is 0 Å². The highest BCUT2D eigenvalue weighted by molar-refractivity contribution is 5.80. The Labute approximate surface area is 111 Å². The van der Waals surface area contributed by atoms with Crippen molar-refractivity contribution in [1.29, 1.82) is 0 Å². The van der Waals surface area contributed by atoms with Crippen LogP contribution in [-0.2, 0) is 13.1 Å². The van der Waals surface area contributed by atoms with E-state index in [1.54, 1.807) is 6.07 Å². The lowest BCUT2D eigenvalue weighted by Crippen LogP contribution is -2.06. The minimum atomic E-state index is -0.168. The van der Waals surface area contributed by atoms with E-state index in [-0.39, 0.29) is 5.82 Å². The maximum Gasteiger partial charge on any atom is 0.132 e. The molecule has 0 aliphatic carbocycles. The molecule has 1 aromatic carbocycles. The second-order valence-corrected chi connectivity index (χ2v) is 4.69. The van der Waals surface area contributed by atoms with Crippen LogP contribution < -0.4 is 0 Å². The molecular formula is C15H16FN3. The molecule has 0 saturated carbocycles. The van der Waals surface area contributed by atoms with Crippen LogP contribution in [0.3, 0.4) is 0 Å². The number of fused-ring (bicyclic) bond motifs is 1. The molecule has 0 aliphatic rings. The summed E-state index contributed by atoms with van der Waals surface area (Å²) in [6, 6.07) is 7.01. The molecule has 0 fully saturated rings. The van der Waals surface area contributed by atoms with Crippen LogP contribution in [0.25, 0.3) is 10.9 Å². The molecule has 3 rings (SSSR count). The largest absolute Gasteiger partial charge is 0.341 e. The van der Waals surface area contributed by atoms with Crippen LogP contribution in [-0.4, -0.2) is 14.1 Å². The van der Waals surface area contributed by atoms with Crippen LogP contribution in [0, 0.1) is 5.82 Å². The number of imidazole rings is 1. The molecule has 0 atom stereocenters. The van der Waals surface area contributed by atoms with Crippen LogP contribution in [0.4, 0.5) is 4.39 Å². The summed E-state index contributed by atoms with van der Waals surface area (Å²) in [4.78, 5) is 4.19. The lowest BCUT2D eigenvalue weighted by atomic mass is 10.2. The van der Waals surface area contributed by atoms with Gasteiger partial charge in [-0.1, -0.05) is 13.0 Å². The van der Waals surface area contributed by atoms with E-state index in [1.165, 1.54) is 6.07 Å². The summed E-state index contributed by atoms with van der Waals surface area (Å²) in [6.45, 7) is 3.82. The minimum Gasteiger partial charge on any atom is -0.341 e. The van der Waals surface area contributed by atoms with Crippen molar-refractivity contribution < 1.29 is 4.39 Å². The van der Waals surface area contributed by atoms with Crippen LogP contribution in [0.5, 0.6) is 0 Å². The molecule has 0 aliphatic heterocycles. The van der Waals surface area contributed by atoms with Crippen LogP contribution in [0.2, 0.25) is 0 Å². The molecule has 2 aromatic heterocycles. The average molecular weight is 257 g/mol. The van der Waals surface area contributed by atoms with Gasteiger partial charge < -0.3 is 9.13 Å². The molecule has 0 N–H and O–H groups in total. The summed E-state index contributed by atoms with van der Waals surface area (Å²) in [5, 5.41) is 0.670. The van der Waals surface area contributed by atoms with Gasteiger partial charge in [-0.25, -0.2) is 9.37 Å². The van der Waals surface area contributed by atoms with E-state index in [0.29, 0.717) is 11.9 Å². The van der Waals surface area contributed by atoms with Crippen molar-refractivity contribution in [3.63, 3.8) is 0 Å². The summed E-state index contributed by atoms with van der Waals surface area (Å²) < 4.78 is 17.8. The molecule has 3 aromatic rings. The summed E-state index contributed by atoms with van der Waals surface area (Å²) in [6.07, 6.45) is 6.73. The number of aryl methyl sites for hydroxylation is 1. The third-order valence-corrected chi connectivity index (χ3v) is 3.36. The molecule has 0 saturated heterocycles. The van der Waals surface area contributed by atoms with E-state index in [0.717, 1.165) is 24.2 Å². The molecule has 19 heavy (non-hydrogen) atoms. The van der Waals surface area contributed by atoms with Gasteiger partial charge in [0.25, 0.3) is 0 Å². The second kappa shape index (κ2) is 4.88. The number of hydrogen-bond acceptors (Lipinski definition) is 1. The number of hydrogen-bond donors (Lipinski definition) is 0. The Balaban J connectivity index is 1.97. The smallest absolute Gasteiger partial charge is 0.132 e. The summed E-state index contributed by atoms with van der Waals surface area (Å²) >= 11 is 0. The zero-order valence-corrected chi connectivity index (χ0v) is 10.9. The predicted molar refractivity (Wildman–Crippen MR) is 73.5 cm³/mol. The zero-order valence-electron chi connectivity index (χ0n) is 10.9. The van der Waals surface area contributed by atoms with Crippen molar-refractivity contribution in [2.45, 2.75) is 26.4 Å². The van der Waals surface area contributed by atoms with Crippen molar-refractivity contribution in [2.75, 3.05) is 0 Å². The van der Waals surface area contributed by atoms with Crippen molar-refractivity contribution in [2.24, 2.45) is 0 Å². The highest BCUT2D eigenvalue weighted by atomic mass is 19.1. The van der Waals surface area contributed by atoms with Crippen LogP contribution in [0.1, 0.15) is 19.0 Å². The van der Waals surface area contributed by atoms with Crippen molar-refractivity contribution in [3.05, 3.63) is 54.5 Å². The van der Waals surface area contributed by atoms with Crippen LogP contribution in [0.15, 0.2) is 43.0 Å². The van der Waals surface area contributed by atoms with Crippen LogP contribution >= 0.6 is 0 Å². The minimum absolute atomic E-state index is 0.168. The van der Waals surface area contributed by atoms with Gasteiger partial charge in [0.1, 0.15) is 5.82 Å².